The molecule has 0 atom stereocenters. The molecule has 104 valence electrons. The van der Waals surface area contributed by atoms with E-state index in [1.807, 2.05) is 37.3 Å². The number of carbonyl (C=O) groups is 1. The molecule has 3 N–H and O–H groups in total. The number of halogens is 1. The van der Waals surface area contributed by atoms with Gasteiger partial charge in [0.05, 0.1) is 5.02 Å². The van der Waals surface area contributed by atoms with Crippen LogP contribution in [0.3, 0.4) is 0 Å². The summed E-state index contributed by atoms with van der Waals surface area (Å²) < 4.78 is 0. The maximum absolute atomic E-state index is 11.7. The summed E-state index contributed by atoms with van der Waals surface area (Å²) in [4.78, 5) is 13.5. The van der Waals surface area contributed by atoms with Gasteiger partial charge in [-0.05, 0) is 37.3 Å². The van der Waals surface area contributed by atoms with Crippen molar-refractivity contribution < 1.29 is 4.79 Å². The molecule has 20 heavy (non-hydrogen) atoms. The lowest BCUT2D eigenvalue weighted by molar-refractivity contribution is 0.0956. The van der Waals surface area contributed by atoms with Gasteiger partial charge in [0.25, 0.3) is 5.91 Å². The van der Waals surface area contributed by atoms with Crippen LogP contribution < -0.4 is 11.1 Å². The molecule has 0 unspecified atom stereocenters. The second kappa shape index (κ2) is 6.68. The van der Waals surface area contributed by atoms with E-state index in [1.165, 1.54) is 11.8 Å². The van der Waals surface area contributed by atoms with Crippen molar-refractivity contribution in [2.45, 2.75) is 16.7 Å². The summed E-state index contributed by atoms with van der Waals surface area (Å²) in [6.07, 6.45) is 0. The Morgan fingerprint density at radius 1 is 1.25 bits per heavy atom. The average Bonchev–Trinajstić information content (AvgIpc) is 2.43. The van der Waals surface area contributed by atoms with Crippen molar-refractivity contribution in [1.29, 1.82) is 0 Å². The molecular weight excluding hydrogens is 292 g/mol. The van der Waals surface area contributed by atoms with Crippen LogP contribution in [0.1, 0.15) is 17.3 Å². The third kappa shape index (κ3) is 3.46. The molecule has 0 heterocycles. The molecule has 0 saturated heterocycles. The Morgan fingerprint density at radius 2 is 2.00 bits per heavy atom. The lowest BCUT2D eigenvalue weighted by Gasteiger charge is -2.09. The zero-order chi connectivity index (χ0) is 14.5. The minimum Gasteiger partial charge on any atom is -0.398 e. The first kappa shape index (κ1) is 14.8. The van der Waals surface area contributed by atoms with Crippen LogP contribution in [0.25, 0.3) is 0 Å². The van der Waals surface area contributed by atoms with E-state index in [0.717, 1.165) is 9.79 Å². The van der Waals surface area contributed by atoms with Crippen molar-refractivity contribution in [3.05, 3.63) is 53.1 Å². The van der Waals surface area contributed by atoms with Gasteiger partial charge in [0.1, 0.15) is 0 Å². The Balaban J connectivity index is 2.22. The Hall–Kier alpha value is -1.65. The second-order valence-electron chi connectivity index (χ2n) is 4.14. The molecule has 3 nitrogen and oxygen atoms in total. The predicted octanol–water partition coefficient (Wildman–Crippen LogP) is 3.82. The Bertz CT molecular complexity index is 631. The van der Waals surface area contributed by atoms with Crippen molar-refractivity contribution >= 4 is 35.0 Å². The highest BCUT2D eigenvalue weighted by molar-refractivity contribution is 7.99. The van der Waals surface area contributed by atoms with Gasteiger partial charge in [-0.2, -0.15) is 0 Å². The van der Waals surface area contributed by atoms with Crippen molar-refractivity contribution in [2.24, 2.45) is 0 Å². The van der Waals surface area contributed by atoms with Crippen molar-refractivity contribution in [2.75, 3.05) is 12.3 Å². The number of nitrogens with two attached hydrogens (primary N) is 1. The van der Waals surface area contributed by atoms with Gasteiger partial charge in [0, 0.05) is 27.6 Å². The highest BCUT2D eigenvalue weighted by Gasteiger charge is 2.09. The number of hydrogen-bond donors (Lipinski definition) is 2. The Labute approximate surface area is 127 Å². The summed E-state index contributed by atoms with van der Waals surface area (Å²) in [7, 11) is 0. The van der Waals surface area contributed by atoms with Crippen LogP contribution in [0.15, 0.2) is 52.3 Å². The second-order valence-corrected chi connectivity index (χ2v) is 5.64. The van der Waals surface area contributed by atoms with Gasteiger partial charge in [-0.15, -0.1) is 0 Å². The third-order valence-electron chi connectivity index (χ3n) is 2.67. The zero-order valence-electron chi connectivity index (χ0n) is 11.0. The molecule has 0 aliphatic heterocycles. The molecule has 0 aliphatic rings. The van der Waals surface area contributed by atoms with Gasteiger partial charge in [0.15, 0.2) is 0 Å². The van der Waals surface area contributed by atoms with Crippen molar-refractivity contribution in [1.82, 2.24) is 5.32 Å². The number of benzene rings is 2. The molecule has 0 fully saturated rings. The molecule has 0 saturated carbocycles. The van der Waals surface area contributed by atoms with Crippen molar-refractivity contribution in [3.8, 4) is 0 Å². The van der Waals surface area contributed by atoms with Crippen LogP contribution in [-0.2, 0) is 0 Å². The molecule has 2 rings (SSSR count). The average molecular weight is 307 g/mol. The Morgan fingerprint density at radius 3 is 2.65 bits per heavy atom. The molecule has 0 bridgehead atoms. The SMILES string of the molecule is CCNC(=O)c1ccc(Sc2ccccc2Cl)c(N)c1. The minimum absolute atomic E-state index is 0.117. The van der Waals surface area contributed by atoms with Crippen LogP contribution in [0.4, 0.5) is 5.69 Å². The zero-order valence-corrected chi connectivity index (χ0v) is 12.6. The number of anilines is 1. The Kier molecular flexibility index (Phi) is 4.93. The minimum atomic E-state index is -0.117. The maximum Gasteiger partial charge on any atom is 0.251 e. The monoisotopic (exact) mass is 306 g/mol. The van der Waals surface area contributed by atoms with Gasteiger partial charge < -0.3 is 11.1 Å². The summed E-state index contributed by atoms with van der Waals surface area (Å²) in [5, 5.41) is 3.43. The quantitative estimate of drug-likeness (QED) is 0.844. The maximum atomic E-state index is 11.7. The fourth-order valence-corrected chi connectivity index (χ4v) is 2.80. The van der Waals surface area contributed by atoms with Gasteiger partial charge >= 0.3 is 0 Å². The lowest BCUT2D eigenvalue weighted by Crippen LogP contribution is -2.22. The van der Waals surface area contributed by atoms with Crippen LogP contribution in [0, 0.1) is 0 Å². The van der Waals surface area contributed by atoms with E-state index >= 15 is 0 Å². The summed E-state index contributed by atoms with van der Waals surface area (Å²) in [6, 6.07) is 12.9. The van der Waals surface area contributed by atoms with Crippen LogP contribution in [-0.4, -0.2) is 12.5 Å². The molecule has 0 spiro atoms. The fraction of sp³-hybridized carbons (Fsp3) is 0.133. The molecule has 5 heteroatoms. The number of amides is 1. The van der Waals surface area contributed by atoms with E-state index < -0.39 is 0 Å². The van der Waals surface area contributed by atoms with Gasteiger partial charge in [-0.1, -0.05) is 35.5 Å². The summed E-state index contributed by atoms with van der Waals surface area (Å²) >= 11 is 7.61. The molecule has 0 aliphatic carbocycles. The van der Waals surface area contributed by atoms with E-state index in [4.69, 9.17) is 17.3 Å². The van der Waals surface area contributed by atoms with Crippen LogP contribution in [0.2, 0.25) is 5.02 Å². The van der Waals surface area contributed by atoms with Crippen LogP contribution >= 0.6 is 23.4 Å². The summed E-state index contributed by atoms with van der Waals surface area (Å²) in [5.74, 6) is -0.117. The first-order valence-corrected chi connectivity index (χ1v) is 7.41. The molecule has 2 aromatic rings. The van der Waals surface area contributed by atoms with Gasteiger partial charge in [-0.25, -0.2) is 0 Å². The van der Waals surface area contributed by atoms with Gasteiger partial charge in [0.2, 0.25) is 0 Å². The number of carbonyl (C=O) groups excluding carboxylic acids is 1. The lowest BCUT2D eigenvalue weighted by atomic mass is 10.2. The number of rotatable bonds is 4. The number of nitrogens with one attached hydrogen (secondary N) is 1. The number of nitrogen functional groups attached to an aromatic ring is 1. The highest BCUT2D eigenvalue weighted by Crippen LogP contribution is 2.36. The molecule has 0 aromatic heterocycles. The van der Waals surface area contributed by atoms with Crippen molar-refractivity contribution in [3.63, 3.8) is 0 Å². The largest absolute Gasteiger partial charge is 0.398 e. The molecule has 2 aromatic carbocycles. The van der Waals surface area contributed by atoms with E-state index in [2.05, 4.69) is 5.32 Å². The smallest absolute Gasteiger partial charge is 0.251 e. The normalized spacial score (nSPS) is 10.3. The molecule has 0 radical (unpaired) electrons. The first-order valence-electron chi connectivity index (χ1n) is 6.22. The topological polar surface area (TPSA) is 55.1 Å². The van der Waals surface area contributed by atoms with E-state index in [0.29, 0.717) is 22.8 Å². The number of hydrogen-bond acceptors (Lipinski definition) is 3. The summed E-state index contributed by atoms with van der Waals surface area (Å²) in [6.45, 7) is 2.47. The van der Waals surface area contributed by atoms with E-state index in [-0.39, 0.29) is 5.91 Å². The third-order valence-corrected chi connectivity index (χ3v) is 4.28. The first-order chi connectivity index (χ1) is 9.61. The fourth-order valence-electron chi connectivity index (χ4n) is 1.69. The standard InChI is InChI=1S/C15H15ClN2OS/c1-2-18-15(19)10-7-8-14(12(17)9-10)20-13-6-4-3-5-11(13)16/h3-9H,2,17H2,1H3,(H,18,19). The van der Waals surface area contributed by atoms with Crippen LogP contribution in [0.5, 0.6) is 0 Å². The molecule has 1 amide bonds. The highest BCUT2D eigenvalue weighted by atomic mass is 35.5. The predicted molar refractivity (Wildman–Crippen MR) is 84.4 cm³/mol. The molecular formula is C15H15ClN2OS. The van der Waals surface area contributed by atoms with E-state index in [9.17, 15) is 4.79 Å². The van der Waals surface area contributed by atoms with E-state index in [1.54, 1.807) is 12.1 Å². The summed E-state index contributed by atoms with van der Waals surface area (Å²) in [5.41, 5.74) is 7.14. The van der Waals surface area contributed by atoms with Gasteiger partial charge in [-0.3, -0.25) is 4.79 Å².